The van der Waals surface area contributed by atoms with Crippen LogP contribution in [0.1, 0.15) is 31.7 Å². The zero-order valence-electron chi connectivity index (χ0n) is 11.2. The molecule has 1 aliphatic rings. The van der Waals surface area contributed by atoms with Crippen LogP contribution in [-0.2, 0) is 6.54 Å². The molecule has 0 bridgehead atoms. The number of rotatable bonds is 5. The van der Waals surface area contributed by atoms with E-state index in [0.717, 1.165) is 18.7 Å². The number of hydrogen-bond acceptors (Lipinski definition) is 2. The van der Waals surface area contributed by atoms with Crippen LogP contribution in [0, 0.1) is 5.82 Å². The Bertz CT molecular complexity index is 344. The maximum Gasteiger partial charge on any atom is 0.123 e. The fraction of sp³-hybridized carbons (Fsp3) is 0.600. The lowest BCUT2D eigenvalue weighted by Crippen LogP contribution is -2.41. The minimum absolute atomic E-state index is 0.167. The van der Waals surface area contributed by atoms with Crippen LogP contribution >= 0.6 is 0 Å². The summed E-state index contributed by atoms with van der Waals surface area (Å²) in [6.45, 7) is 6.62. The van der Waals surface area contributed by atoms with Crippen LogP contribution in [0.2, 0.25) is 0 Å². The highest BCUT2D eigenvalue weighted by atomic mass is 19.1. The number of piperidine rings is 1. The van der Waals surface area contributed by atoms with E-state index in [9.17, 15) is 4.39 Å². The zero-order chi connectivity index (χ0) is 12.8. The summed E-state index contributed by atoms with van der Waals surface area (Å²) in [6, 6.07) is 7.21. The molecule has 1 unspecified atom stereocenters. The molecule has 100 valence electrons. The Labute approximate surface area is 109 Å². The molecular weight excluding hydrogens is 227 g/mol. The number of benzene rings is 1. The van der Waals surface area contributed by atoms with Gasteiger partial charge in [-0.3, -0.25) is 0 Å². The third kappa shape index (κ3) is 4.39. The molecule has 2 rings (SSSR count). The van der Waals surface area contributed by atoms with Crippen molar-refractivity contribution in [1.82, 2.24) is 10.2 Å². The first-order chi connectivity index (χ1) is 8.74. The van der Waals surface area contributed by atoms with Gasteiger partial charge in [0.05, 0.1) is 0 Å². The van der Waals surface area contributed by atoms with E-state index < -0.39 is 0 Å². The molecule has 1 aliphatic heterocycles. The summed E-state index contributed by atoms with van der Waals surface area (Å²) in [5.41, 5.74) is 1.14. The molecule has 0 aliphatic carbocycles. The minimum atomic E-state index is -0.167. The highest BCUT2D eigenvalue weighted by Crippen LogP contribution is 2.09. The molecule has 1 N–H and O–H groups in total. The first-order valence-electron chi connectivity index (χ1n) is 6.94. The summed E-state index contributed by atoms with van der Waals surface area (Å²) >= 11 is 0. The molecule has 1 atom stereocenters. The summed E-state index contributed by atoms with van der Waals surface area (Å²) in [5, 5.41) is 3.50. The highest BCUT2D eigenvalue weighted by molar-refractivity contribution is 5.15. The fourth-order valence-corrected chi connectivity index (χ4v) is 2.49. The molecule has 3 heteroatoms. The minimum Gasteiger partial charge on any atom is -0.309 e. The number of nitrogens with one attached hydrogen (secondary N) is 1. The monoisotopic (exact) mass is 250 g/mol. The first-order valence-corrected chi connectivity index (χ1v) is 6.94. The van der Waals surface area contributed by atoms with Crippen molar-refractivity contribution < 1.29 is 4.39 Å². The standard InChI is InChI=1S/C15H23FN2/c1-13(12-18-9-3-2-4-10-18)17-11-14-5-7-15(16)8-6-14/h5-8,13,17H,2-4,9-12H2,1H3. The molecule has 1 fully saturated rings. The van der Waals surface area contributed by atoms with Gasteiger partial charge in [0.2, 0.25) is 0 Å². The second-order valence-corrected chi connectivity index (χ2v) is 5.27. The lowest BCUT2D eigenvalue weighted by Gasteiger charge is -2.29. The highest BCUT2D eigenvalue weighted by Gasteiger charge is 2.12. The smallest absolute Gasteiger partial charge is 0.123 e. The van der Waals surface area contributed by atoms with E-state index in [2.05, 4.69) is 17.1 Å². The Morgan fingerprint density at radius 1 is 1.17 bits per heavy atom. The number of likely N-dealkylation sites (tertiary alicyclic amines) is 1. The van der Waals surface area contributed by atoms with E-state index in [1.807, 2.05) is 12.1 Å². The van der Waals surface area contributed by atoms with Crippen LogP contribution < -0.4 is 5.32 Å². The molecule has 1 aromatic rings. The van der Waals surface area contributed by atoms with Gasteiger partial charge in [-0.05, 0) is 50.6 Å². The number of hydrogen-bond donors (Lipinski definition) is 1. The molecule has 0 radical (unpaired) electrons. The molecule has 1 saturated heterocycles. The summed E-state index contributed by atoms with van der Waals surface area (Å²) in [6.07, 6.45) is 4.06. The normalized spacial score (nSPS) is 18.8. The van der Waals surface area contributed by atoms with Gasteiger partial charge in [-0.25, -0.2) is 4.39 Å². The topological polar surface area (TPSA) is 15.3 Å². The van der Waals surface area contributed by atoms with E-state index in [1.54, 1.807) is 0 Å². The maximum absolute atomic E-state index is 12.8. The third-order valence-corrected chi connectivity index (χ3v) is 3.55. The van der Waals surface area contributed by atoms with Gasteiger partial charge in [-0.1, -0.05) is 18.6 Å². The molecule has 0 spiro atoms. The first kappa shape index (κ1) is 13.5. The van der Waals surface area contributed by atoms with E-state index in [0.29, 0.717) is 6.04 Å². The second-order valence-electron chi connectivity index (χ2n) is 5.27. The lowest BCUT2D eigenvalue weighted by molar-refractivity contribution is 0.209. The molecular formula is C15H23FN2. The third-order valence-electron chi connectivity index (χ3n) is 3.55. The summed E-state index contributed by atoms with van der Waals surface area (Å²) in [4.78, 5) is 2.53. The van der Waals surface area contributed by atoms with E-state index in [-0.39, 0.29) is 5.82 Å². The van der Waals surface area contributed by atoms with Crippen LogP contribution in [0.4, 0.5) is 4.39 Å². The van der Waals surface area contributed by atoms with Crippen LogP contribution in [0.3, 0.4) is 0 Å². The molecule has 1 aromatic carbocycles. The predicted molar refractivity (Wildman–Crippen MR) is 73.0 cm³/mol. The van der Waals surface area contributed by atoms with Gasteiger partial charge in [0, 0.05) is 19.1 Å². The molecule has 2 nitrogen and oxygen atoms in total. The van der Waals surface area contributed by atoms with Crippen molar-refractivity contribution in [3.8, 4) is 0 Å². The van der Waals surface area contributed by atoms with Gasteiger partial charge in [-0.15, -0.1) is 0 Å². The van der Waals surface area contributed by atoms with E-state index in [4.69, 9.17) is 0 Å². The van der Waals surface area contributed by atoms with Gasteiger partial charge in [0.25, 0.3) is 0 Å². The second kappa shape index (κ2) is 6.86. The number of halogens is 1. The molecule has 18 heavy (non-hydrogen) atoms. The van der Waals surface area contributed by atoms with Gasteiger partial charge in [0.15, 0.2) is 0 Å². The summed E-state index contributed by atoms with van der Waals surface area (Å²) < 4.78 is 12.8. The van der Waals surface area contributed by atoms with Gasteiger partial charge < -0.3 is 10.2 Å². The molecule has 0 aromatic heterocycles. The fourth-order valence-electron chi connectivity index (χ4n) is 2.49. The predicted octanol–water partition coefficient (Wildman–Crippen LogP) is 2.79. The van der Waals surface area contributed by atoms with Gasteiger partial charge >= 0.3 is 0 Å². The van der Waals surface area contributed by atoms with Crippen LogP contribution in [0.15, 0.2) is 24.3 Å². The van der Waals surface area contributed by atoms with Crippen molar-refractivity contribution in [3.63, 3.8) is 0 Å². The van der Waals surface area contributed by atoms with Gasteiger partial charge in [0.1, 0.15) is 5.82 Å². The van der Waals surface area contributed by atoms with Crippen LogP contribution in [0.5, 0.6) is 0 Å². The Hall–Kier alpha value is -0.930. The van der Waals surface area contributed by atoms with Crippen molar-refractivity contribution >= 4 is 0 Å². The Morgan fingerprint density at radius 2 is 1.83 bits per heavy atom. The lowest BCUT2D eigenvalue weighted by atomic mass is 10.1. The van der Waals surface area contributed by atoms with Crippen molar-refractivity contribution in [3.05, 3.63) is 35.6 Å². The van der Waals surface area contributed by atoms with Crippen LogP contribution in [-0.4, -0.2) is 30.6 Å². The quantitative estimate of drug-likeness (QED) is 0.864. The van der Waals surface area contributed by atoms with Crippen molar-refractivity contribution in [2.45, 2.75) is 38.8 Å². The average Bonchev–Trinajstić information content (AvgIpc) is 2.39. The largest absolute Gasteiger partial charge is 0.309 e. The Morgan fingerprint density at radius 3 is 2.50 bits per heavy atom. The molecule has 0 amide bonds. The van der Waals surface area contributed by atoms with Crippen molar-refractivity contribution in [1.29, 1.82) is 0 Å². The summed E-state index contributed by atoms with van der Waals surface area (Å²) in [7, 11) is 0. The van der Waals surface area contributed by atoms with E-state index >= 15 is 0 Å². The number of nitrogens with zero attached hydrogens (tertiary/aromatic N) is 1. The maximum atomic E-state index is 12.8. The average molecular weight is 250 g/mol. The Balaban J connectivity index is 1.70. The molecule has 1 heterocycles. The molecule has 0 saturated carbocycles. The zero-order valence-corrected chi connectivity index (χ0v) is 11.2. The van der Waals surface area contributed by atoms with E-state index in [1.165, 1.54) is 44.5 Å². The van der Waals surface area contributed by atoms with Crippen molar-refractivity contribution in [2.75, 3.05) is 19.6 Å². The summed E-state index contributed by atoms with van der Waals surface area (Å²) in [5.74, 6) is -0.167. The SMILES string of the molecule is CC(CN1CCCCC1)NCc1ccc(F)cc1. The Kier molecular flexibility index (Phi) is 5.14. The van der Waals surface area contributed by atoms with Gasteiger partial charge in [-0.2, -0.15) is 0 Å². The van der Waals surface area contributed by atoms with Crippen LogP contribution in [0.25, 0.3) is 0 Å². The van der Waals surface area contributed by atoms with Crippen molar-refractivity contribution in [2.24, 2.45) is 0 Å².